The van der Waals surface area contributed by atoms with Crippen molar-refractivity contribution >= 4 is 29.7 Å². The molecule has 0 saturated carbocycles. The number of nitrogens with two attached hydrogens (primary N) is 1. The maximum Gasteiger partial charge on any atom is 0.251 e. The summed E-state index contributed by atoms with van der Waals surface area (Å²) in [5.41, 5.74) is 5.88. The van der Waals surface area contributed by atoms with E-state index < -0.39 is 17.2 Å². The van der Waals surface area contributed by atoms with E-state index in [1.165, 1.54) is 6.07 Å². The zero-order chi connectivity index (χ0) is 21.5. The third-order valence-corrected chi connectivity index (χ3v) is 4.07. The average Bonchev–Trinajstić information content (AvgIpc) is 3.10. The second kappa shape index (κ2) is 9.61. The molecule has 0 aliphatic heterocycles. The first kappa shape index (κ1) is 20.9. The number of rotatable bonds is 9. The van der Waals surface area contributed by atoms with Gasteiger partial charge in [-0.05, 0) is 49.4 Å². The molecule has 1 aromatic heterocycles. The Kier molecular flexibility index (Phi) is 6.71. The van der Waals surface area contributed by atoms with E-state index in [4.69, 9.17) is 10.2 Å². The quantitative estimate of drug-likeness (QED) is 0.315. The molecule has 0 unspecified atom stereocenters. The summed E-state index contributed by atoms with van der Waals surface area (Å²) < 4.78 is 33.5. The van der Waals surface area contributed by atoms with Crippen LogP contribution in [0.2, 0.25) is 0 Å². The van der Waals surface area contributed by atoms with Gasteiger partial charge in [0.15, 0.2) is 5.82 Å². The number of nitrogens with one attached hydrogen (secondary N) is 3. The highest BCUT2D eigenvalue weighted by Crippen LogP contribution is 2.33. The zero-order valence-corrected chi connectivity index (χ0v) is 15.7. The molecule has 3 rings (SSSR count). The van der Waals surface area contributed by atoms with Gasteiger partial charge in [-0.25, -0.2) is 8.78 Å². The molecule has 1 heterocycles. The summed E-state index contributed by atoms with van der Waals surface area (Å²) in [4.78, 5) is 26.8. The predicted molar refractivity (Wildman–Crippen MR) is 107 cm³/mol. The summed E-state index contributed by atoms with van der Waals surface area (Å²) in [5, 5.41) is 7.92. The summed E-state index contributed by atoms with van der Waals surface area (Å²) in [6.45, 7) is 0.958. The van der Waals surface area contributed by atoms with Gasteiger partial charge in [-0.1, -0.05) is 6.07 Å². The number of halogens is 2. The number of benzene rings is 2. The highest BCUT2D eigenvalue weighted by atomic mass is 19.1. The fourth-order valence-electron chi connectivity index (χ4n) is 2.61. The number of aromatic nitrogens is 1. The second-order valence-electron chi connectivity index (χ2n) is 6.16. The Morgan fingerprint density at radius 1 is 1.13 bits per heavy atom. The van der Waals surface area contributed by atoms with Gasteiger partial charge in [0.1, 0.15) is 17.2 Å². The number of carbonyl (C=O) groups excluding carboxylic acids is 2. The van der Waals surface area contributed by atoms with Crippen molar-refractivity contribution in [2.45, 2.75) is 6.42 Å². The predicted octanol–water partition coefficient (Wildman–Crippen LogP) is 3.01. The molecule has 10 heteroatoms. The third kappa shape index (κ3) is 4.78. The van der Waals surface area contributed by atoms with Crippen LogP contribution in [0.3, 0.4) is 0 Å². The first-order valence-electron chi connectivity index (χ1n) is 9.04. The maximum atomic E-state index is 14.0. The molecule has 0 bridgehead atoms. The molecule has 0 saturated heterocycles. The van der Waals surface area contributed by atoms with E-state index in [0.717, 1.165) is 12.1 Å². The number of hydrogen-bond donors (Lipinski definition) is 4. The Morgan fingerprint density at radius 2 is 1.83 bits per heavy atom. The van der Waals surface area contributed by atoms with E-state index >= 15 is 0 Å². The molecule has 3 aromatic rings. The molecular formula is C20H19F2N5O3. The number of hydrogen-bond acceptors (Lipinski definition) is 6. The SMILES string of the molecule is NCCCNC(=O)c1ccc(Nc2oc(-c3c(F)cccc3F)nc2NC=O)cc1. The minimum atomic E-state index is -0.856. The number of amides is 2. The normalized spacial score (nSPS) is 10.5. The van der Waals surface area contributed by atoms with Crippen LogP contribution < -0.4 is 21.7 Å². The average molecular weight is 415 g/mol. The maximum absolute atomic E-state index is 14.0. The lowest BCUT2D eigenvalue weighted by molar-refractivity contribution is -0.105. The number of oxazole rings is 1. The van der Waals surface area contributed by atoms with Crippen LogP contribution in [0.25, 0.3) is 11.5 Å². The highest BCUT2D eigenvalue weighted by Gasteiger charge is 2.21. The summed E-state index contributed by atoms with van der Waals surface area (Å²) in [6.07, 6.45) is 1.04. The fraction of sp³-hybridized carbons (Fsp3) is 0.150. The summed E-state index contributed by atoms with van der Waals surface area (Å²) in [5.74, 6) is -2.37. The summed E-state index contributed by atoms with van der Waals surface area (Å²) >= 11 is 0. The molecule has 2 amide bonds. The van der Waals surface area contributed by atoms with Gasteiger partial charge in [-0.2, -0.15) is 4.98 Å². The molecule has 30 heavy (non-hydrogen) atoms. The lowest BCUT2D eigenvalue weighted by Crippen LogP contribution is -2.25. The van der Waals surface area contributed by atoms with E-state index in [-0.39, 0.29) is 23.5 Å². The van der Waals surface area contributed by atoms with Crippen LogP contribution in [0.15, 0.2) is 46.9 Å². The number of carbonyl (C=O) groups is 2. The minimum Gasteiger partial charge on any atom is -0.418 e. The van der Waals surface area contributed by atoms with Gasteiger partial charge in [0.05, 0.1) is 0 Å². The van der Waals surface area contributed by atoms with E-state index in [9.17, 15) is 18.4 Å². The van der Waals surface area contributed by atoms with Crippen LogP contribution in [0.4, 0.5) is 26.2 Å². The van der Waals surface area contributed by atoms with Crippen LogP contribution in [0.5, 0.6) is 0 Å². The van der Waals surface area contributed by atoms with Crippen LogP contribution in [-0.4, -0.2) is 30.4 Å². The first-order chi connectivity index (χ1) is 14.5. The fourth-order valence-corrected chi connectivity index (χ4v) is 2.61. The molecule has 5 N–H and O–H groups in total. The largest absolute Gasteiger partial charge is 0.418 e. The van der Waals surface area contributed by atoms with E-state index in [2.05, 4.69) is 20.9 Å². The van der Waals surface area contributed by atoms with Gasteiger partial charge in [-0.3, -0.25) is 9.59 Å². The van der Waals surface area contributed by atoms with Crippen molar-refractivity contribution in [3.63, 3.8) is 0 Å². The molecule has 0 atom stereocenters. The Bertz CT molecular complexity index is 1020. The number of anilines is 3. The van der Waals surface area contributed by atoms with Gasteiger partial charge >= 0.3 is 0 Å². The Labute approximate surface area is 170 Å². The monoisotopic (exact) mass is 415 g/mol. The van der Waals surface area contributed by atoms with Crippen molar-refractivity contribution < 1.29 is 22.8 Å². The van der Waals surface area contributed by atoms with Gasteiger partial charge in [0.2, 0.25) is 18.2 Å². The van der Waals surface area contributed by atoms with Crippen LogP contribution >= 0.6 is 0 Å². The minimum absolute atomic E-state index is 0.0279. The Balaban J connectivity index is 1.81. The van der Waals surface area contributed by atoms with E-state index in [1.54, 1.807) is 24.3 Å². The summed E-state index contributed by atoms with van der Waals surface area (Å²) in [7, 11) is 0. The molecule has 156 valence electrons. The number of nitrogens with zero attached hydrogens (tertiary/aromatic N) is 1. The molecule has 0 radical (unpaired) electrons. The second-order valence-corrected chi connectivity index (χ2v) is 6.16. The van der Waals surface area contributed by atoms with Crippen molar-refractivity contribution in [1.29, 1.82) is 0 Å². The Hall–Kier alpha value is -3.79. The summed E-state index contributed by atoms with van der Waals surface area (Å²) in [6, 6.07) is 9.73. The smallest absolute Gasteiger partial charge is 0.251 e. The molecular weight excluding hydrogens is 396 g/mol. The molecule has 8 nitrogen and oxygen atoms in total. The zero-order valence-electron chi connectivity index (χ0n) is 15.7. The van der Waals surface area contributed by atoms with Crippen molar-refractivity contribution in [3.8, 4) is 11.5 Å². The van der Waals surface area contributed by atoms with Crippen LogP contribution in [0.1, 0.15) is 16.8 Å². The van der Waals surface area contributed by atoms with Crippen molar-refractivity contribution in [1.82, 2.24) is 10.3 Å². The van der Waals surface area contributed by atoms with Gasteiger partial charge < -0.3 is 26.1 Å². The molecule has 0 fully saturated rings. The molecule has 2 aromatic carbocycles. The van der Waals surface area contributed by atoms with Crippen LogP contribution in [-0.2, 0) is 4.79 Å². The van der Waals surface area contributed by atoms with Crippen molar-refractivity contribution in [3.05, 3.63) is 59.7 Å². The lowest BCUT2D eigenvalue weighted by Gasteiger charge is -2.07. The van der Waals surface area contributed by atoms with E-state index in [0.29, 0.717) is 37.2 Å². The highest BCUT2D eigenvalue weighted by molar-refractivity contribution is 5.94. The third-order valence-electron chi connectivity index (χ3n) is 4.07. The standard InChI is InChI=1S/C20H19F2N5O3/c21-14-3-1-4-15(22)16(14)19-27-17(25-11-28)20(30-19)26-13-7-5-12(6-8-13)18(29)24-10-2-9-23/h1,3-8,11,26H,2,9-10,23H2,(H,24,29)(H,25,28). The van der Waals surface area contributed by atoms with Gasteiger partial charge in [0, 0.05) is 17.8 Å². The Morgan fingerprint density at radius 3 is 2.47 bits per heavy atom. The van der Waals surface area contributed by atoms with E-state index in [1.807, 2.05) is 0 Å². The lowest BCUT2D eigenvalue weighted by atomic mass is 10.2. The van der Waals surface area contributed by atoms with Gasteiger partial charge in [0.25, 0.3) is 5.91 Å². The van der Waals surface area contributed by atoms with Gasteiger partial charge in [-0.15, -0.1) is 0 Å². The van der Waals surface area contributed by atoms with Crippen molar-refractivity contribution in [2.75, 3.05) is 23.7 Å². The van der Waals surface area contributed by atoms with Crippen molar-refractivity contribution in [2.24, 2.45) is 5.73 Å². The topological polar surface area (TPSA) is 122 Å². The molecule has 0 aliphatic carbocycles. The molecule has 0 spiro atoms. The first-order valence-corrected chi connectivity index (χ1v) is 9.04. The van der Waals surface area contributed by atoms with Crippen LogP contribution in [0, 0.1) is 11.6 Å². The molecule has 0 aliphatic rings.